The van der Waals surface area contributed by atoms with E-state index in [9.17, 15) is 0 Å². The molecule has 0 spiro atoms. The summed E-state index contributed by atoms with van der Waals surface area (Å²) in [4.78, 5) is 0. The van der Waals surface area contributed by atoms with Gasteiger partial charge < -0.3 is 51.1 Å². The zero-order valence-corrected chi connectivity index (χ0v) is 16.7. The van der Waals surface area contributed by atoms with E-state index in [4.69, 9.17) is 51.1 Å². The Bertz CT molecular complexity index is 162. The summed E-state index contributed by atoms with van der Waals surface area (Å²) in [5.74, 6) is 0. The lowest BCUT2D eigenvalue weighted by Gasteiger charge is -1.90. The van der Waals surface area contributed by atoms with Crippen LogP contribution in [-0.2, 0) is 0 Å². The first-order valence-electron chi connectivity index (χ1n) is 9.09. The summed E-state index contributed by atoms with van der Waals surface area (Å²) in [6, 6.07) is 0. The van der Waals surface area contributed by atoms with Gasteiger partial charge >= 0.3 is 0 Å². The predicted molar refractivity (Wildman–Crippen MR) is 103 cm³/mol. The molecule has 1 atom stereocenters. The summed E-state index contributed by atoms with van der Waals surface area (Å²) in [6.45, 7) is 2.22. The van der Waals surface area contributed by atoms with Crippen molar-refractivity contribution in [2.45, 2.75) is 51.6 Å². The zero-order valence-electron chi connectivity index (χ0n) is 16.7. The molecular weight excluding hydrogens is 364 g/mol. The maximum atomic E-state index is 8.21. The van der Waals surface area contributed by atoms with Crippen LogP contribution in [0.5, 0.6) is 0 Å². The van der Waals surface area contributed by atoms with E-state index >= 15 is 0 Å². The predicted octanol–water partition coefficient (Wildman–Crippen LogP) is -2.42. The third kappa shape index (κ3) is 106. The largest absolute Gasteiger partial charge is 0.396 e. The van der Waals surface area contributed by atoms with E-state index in [0.717, 1.165) is 32.1 Å². The van der Waals surface area contributed by atoms with E-state index in [1.165, 1.54) is 6.92 Å². The minimum Gasteiger partial charge on any atom is -0.396 e. The fourth-order valence-corrected chi connectivity index (χ4v) is 0.695. The first kappa shape index (κ1) is 37.4. The average Bonchev–Trinajstić information content (AvgIpc) is 2.69. The molecule has 0 fully saturated rings. The van der Waals surface area contributed by atoms with Crippen LogP contribution in [0.1, 0.15) is 45.4 Å². The van der Waals surface area contributed by atoms with E-state index in [1.807, 2.05) is 0 Å². The van der Waals surface area contributed by atoms with Gasteiger partial charge in [-0.1, -0.05) is 0 Å². The van der Waals surface area contributed by atoms with Crippen LogP contribution in [-0.4, -0.2) is 117 Å². The van der Waals surface area contributed by atoms with Gasteiger partial charge in [0.1, 0.15) is 0 Å². The van der Waals surface area contributed by atoms with Gasteiger partial charge in [0, 0.05) is 39.6 Å². The second-order valence-corrected chi connectivity index (χ2v) is 4.94. The van der Waals surface area contributed by atoms with E-state index in [2.05, 4.69) is 0 Å². The molecule has 27 heavy (non-hydrogen) atoms. The SMILES string of the molecule is CC(O)CO.OCCCCCO.OCCCCO.OCCCO.OCCO. The summed E-state index contributed by atoms with van der Waals surface area (Å²) in [6.07, 6.45) is 3.95. The molecule has 0 aromatic carbocycles. The highest BCUT2D eigenvalue weighted by Gasteiger charge is 1.83. The van der Waals surface area contributed by atoms with E-state index < -0.39 is 6.10 Å². The van der Waals surface area contributed by atoms with E-state index in [0.29, 0.717) is 6.42 Å². The number of aliphatic hydroxyl groups is 10. The van der Waals surface area contributed by atoms with Crippen LogP contribution in [0.3, 0.4) is 0 Å². The molecule has 0 aliphatic rings. The Morgan fingerprint density at radius 1 is 0.407 bits per heavy atom. The molecule has 172 valence electrons. The second kappa shape index (κ2) is 50.0. The molecule has 0 aromatic rings. The van der Waals surface area contributed by atoms with Crippen LogP contribution < -0.4 is 0 Å². The third-order valence-corrected chi connectivity index (χ3v) is 2.06. The second-order valence-electron chi connectivity index (χ2n) is 4.94. The Kier molecular flexibility index (Phi) is 69.2. The minimum atomic E-state index is -0.560. The van der Waals surface area contributed by atoms with Gasteiger partial charge in [-0.25, -0.2) is 0 Å². The average molecular weight is 409 g/mol. The molecule has 0 aromatic heterocycles. The van der Waals surface area contributed by atoms with Crippen molar-refractivity contribution >= 4 is 0 Å². The van der Waals surface area contributed by atoms with Crippen LogP contribution in [0.25, 0.3) is 0 Å². The van der Waals surface area contributed by atoms with Crippen LogP contribution in [0.4, 0.5) is 0 Å². The van der Waals surface area contributed by atoms with Crippen LogP contribution in [0, 0.1) is 0 Å². The Morgan fingerprint density at radius 3 is 0.741 bits per heavy atom. The molecule has 0 radical (unpaired) electrons. The molecular formula is C17H44O10. The maximum absolute atomic E-state index is 8.21. The maximum Gasteiger partial charge on any atom is 0.0742 e. The van der Waals surface area contributed by atoms with Crippen molar-refractivity contribution in [3.05, 3.63) is 0 Å². The van der Waals surface area contributed by atoms with Crippen molar-refractivity contribution in [3.8, 4) is 0 Å². The van der Waals surface area contributed by atoms with Crippen molar-refractivity contribution < 1.29 is 51.1 Å². The minimum absolute atomic E-state index is 0.0938. The standard InChI is InChI=1S/C5H12O2.C4H10O2.2C3H8O2.C2H6O2/c6-4-2-1-3-5-7;5-3-1-2-4-6;1-3(5)2-4;4-2-1-3-5;3-1-2-4/h6-7H,1-5H2;5-6H,1-4H2;3-5H,2H2,1H3;4-5H,1-3H2;3-4H,1-2H2. The summed E-state index contributed by atoms with van der Waals surface area (Å²) in [7, 11) is 0. The Labute approximate surface area is 163 Å². The van der Waals surface area contributed by atoms with Gasteiger partial charge in [0.2, 0.25) is 0 Å². The highest BCUT2D eigenvalue weighted by molar-refractivity contribution is 4.35. The lowest BCUT2D eigenvalue weighted by atomic mass is 10.2. The van der Waals surface area contributed by atoms with Gasteiger partial charge in [0.25, 0.3) is 0 Å². The zero-order chi connectivity index (χ0) is 22.2. The van der Waals surface area contributed by atoms with Crippen LogP contribution in [0.15, 0.2) is 0 Å². The number of hydrogen-bond acceptors (Lipinski definition) is 10. The molecule has 10 heteroatoms. The number of unbranched alkanes of at least 4 members (excludes halogenated alkanes) is 3. The molecule has 0 rings (SSSR count). The van der Waals surface area contributed by atoms with Crippen molar-refractivity contribution in [1.29, 1.82) is 0 Å². The smallest absolute Gasteiger partial charge is 0.0742 e. The molecule has 1 unspecified atom stereocenters. The first-order chi connectivity index (χ1) is 12.9. The summed E-state index contributed by atoms with van der Waals surface area (Å²) >= 11 is 0. The highest BCUT2D eigenvalue weighted by Crippen LogP contribution is 1.90. The quantitative estimate of drug-likeness (QED) is 0.164. The van der Waals surface area contributed by atoms with Gasteiger partial charge in [0.15, 0.2) is 0 Å². The van der Waals surface area contributed by atoms with E-state index in [-0.39, 0.29) is 59.5 Å². The van der Waals surface area contributed by atoms with Crippen molar-refractivity contribution in [2.75, 3.05) is 59.5 Å². The molecule has 0 saturated heterocycles. The van der Waals surface area contributed by atoms with Crippen LogP contribution >= 0.6 is 0 Å². The normalized spacial score (nSPS) is 9.89. The lowest BCUT2D eigenvalue weighted by molar-refractivity contribution is 0.110. The molecule has 0 aliphatic heterocycles. The van der Waals surface area contributed by atoms with Crippen molar-refractivity contribution in [2.24, 2.45) is 0 Å². The van der Waals surface area contributed by atoms with Gasteiger partial charge in [-0.3, -0.25) is 0 Å². The number of hydrogen-bond donors (Lipinski definition) is 10. The molecule has 0 aliphatic carbocycles. The molecule has 0 amide bonds. The monoisotopic (exact) mass is 408 g/mol. The number of aliphatic hydroxyl groups excluding tert-OH is 10. The fourth-order valence-electron chi connectivity index (χ4n) is 0.695. The van der Waals surface area contributed by atoms with Gasteiger partial charge in [0.05, 0.1) is 25.9 Å². The number of rotatable bonds is 11. The van der Waals surface area contributed by atoms with Gasteiger partial charge in [-0.05, 0) is 45.4 Å². The van der Waals surface area contributed by atoms with Gasteiger partial charge in [-0.15, -0.1) is 0 Å². The molecule has 0 saturated carbocycles. The Hall–Kier alpha value is -0.400. The lowest BCUT2D eigenvalue weighted by Crippen LogP contribution is -2.03. The Balaban J connectivity index is -0.0000000757. The van der Waals surface area contributed by atoms with E-state index in [1.54, 1.807) is 0 Å². The van der Waals surface area contributed by atoms with Gasteiger partial charge in [-0.2, -0.15) is 0 Å². The molecule has 10 nitrogen and oxygen atoms in total. The van der Waals surface area contributed by atoms with Crippen molar-refractivity contribution in [1.82, 2.24) is 0 Å². The van der Waals surface area contributed by atoms with Crippen LogP contribution in [0.2, 0.25) is 0 Å². The topological polar surface area (TPSA) is 202 Å². The van der Waals surface area contributed by atoms with Crippen molar-refractivity contribution in [3.63, 3.8) is 0 Å². The molecule has 0 bridgehead atoms. The third-order valence-electron chi connectivity index (χ3n) is 2.06. The summed E-state index contributed by atoms with van der Waals surface area (Å²) in [5.41, 5.74) is 0. The summed E-state index contributed by atoms with van der Waals surface area (Å²) < 4.78 is 0. The first-order valence-corrected chi connectivity index (χ1v) is 9.09. The highest BCUT2D eigenvalue weighted by atomic mass is 16.3. The Morgan fingerprint density at radius 2 is 0.630 bits per heavy atom. The fraction of sp³-hybridized carbons (Fsp3) is 1.00. The molecule has 10 N–H and O–H groups in total. The summed E-state index contributed by atoms with van der Waals surface area (Å²) in [5, 5.41) is 79.7. The molecule has 0 heterocycles.